The quantitative estimate of drug-likeness (QED) is 0.747. The first-order chi connectivity index (χ1) is 9.56. The molecular formula is C17H23ClN2. The summed E-state index contributed by atoms with van der Waals surface area (Å²) in [6.45, 7) is 4.08. The Bertz CT molecular complexity index is 503. The molecule has 4 bridgehead atoms. The third kappa shape index (κ3) is 1.91. The maximum absolute atomic E-state index is 6.20. The van der Waals surface area contributed by atoms with Gasteiger partial charge in [0, 0.05) is 22.9 Å². The first kappa shape index (κ1) is 13.1. The Labute approximate surface area is 126 Å². The number of aromatic nitrogens is 2. The number of aryl methyl sites for hydroxylation is 1. The zero-order valence-corrected chi connectivity index (χ0v) is 13.2. The van der Waals surface area contributed by atoms with E-state index in [0.29, 0.717) is 5.41 Å². The Morgan fingerprint density at radius 1 is 1.15 bits per heavy atom. The number of halogens is 1. The molecule has 1 aromatic rings. The minimum atomic E-state index is 0.000382. The average molecular weight is 291 g/mol. The Morgan fingerprint density at radius 3 is 2.15 bits per heavy atom. The van der Waals surface area contributed by atoms with Crippen molar-refractivity contribution >= 4 is 11.6 Å². The van der Waals surface area contributed by atoms with E-state index in [1.54, 1.807) is 0 Å². The molecule has 1 atom stereocenters. The molecule has 3 heteroatoms. The lowest BCUT2D eigenvalue weighted by molar-refractivity contribution is -0.00949. The molecular weight excluding hydrogens is 268 g/mol. The summed E-state index contributed by atoms with van der Waals surface area (Å²) in [6.07, 6.45) is 10.4. The summed E-state index contributed by atoms with van der Waals surface area (Å²) >= 11 is 6.20. The van der Waals surface area contributed by atoms with Gasteiger partial charge >= 0.3 is 0 Å². The molecule has 4 saturated carbocycles. The van der Waals surface area contributed by atoms with E-state index in [2.05, 4.69) is 6.92 Å². The Hall–Kier alpha value is -0.630. The molecule has 0 spiro atoms. The molecule has 0 N–H and O–H groups in total. The van der Waals surface area contributed by atoms with Crippen molar-refractivity contribution < 1.29 is 0 Å². The van der Waals surface area contributed by atoms with E-state index in [-0.39, 0.29) is 5.38 Å². The second-order valence-electron chi connectivity index (χ2n) is 7.55. The summed E-state index contributed by atoms with van der Waals surface area (Å²) in [6, 6.07) is 0. The van der Waals surface area contributed by atoms with Crippen LogP contribution in [-0.4, -0.2) is 9.97 Å². The van der Waals surface area contributed by atoms with Gasteiger partial charge in [0.1, 0.15) is 5.82 Å². The van der Waals surface area contributed by atoms with Crippen molar-refractivity contribution in [2.75, 3.05) is 0 Å². The van der Waals surface area contributed by atoms with Crippen LogP contribution in [0.5, 0.6) is 0 Å². The summed E-state index contributed by atoms with van der Waals surface area (Å²) in [7, 11) is 0. The fourth-order valence-corrected chi connectivity index (χ4v) is 5.72. The fraction of sp³-hybridized carbons (Fsp3) is 0.765. The molecule has 4 aliphatic rings. The van der Waals surface area contributed by atoms with Crippen molar-refractivity contribution in [3.8, 4) is 0 Å². The molecule has 5 rings (SSSR count). The molecule has 1 unspecified atom stereocenters. The number of hydrogen-bond donors (Lipinski definition) is 0. The van der Waals surface area contributed by atoms with Gasteiger partial charge in [-0.2, -0.15) is 0 Å². The van der Waals surface area contributed by atoms with E-state index >= 15 is 0 Å². The van der Waals surface area contributed by atoms with Crippen LogP contribution in [0.15, 0.2) is 6.20 Å². The van der Waals surface area contributed by atoms with Gasteiger partial charge in [-0.25, -0.2) is 9.97 Å². The molecule has 1 heterocycles. The van der Waals surface area contributed by atoms with Crippen LogP contribution in [0.3, 0.4) is 0 Å². The van der Waals surface area contributed by atoms with Crippen LogP contribution in [0.1, 0.15) is 67.9 Å². The van der Waals surface area contributed by atoms with E-state index in [9.17, 15) is 0 Å². The first-order valence-corrected chi connectivity index (χ1v) is 8.47. The highest BCUT2D eigenvalue weighted by atomic mass is 35.5. The number of hydrogen-bond acceptors (Lipinski definition) is 2. The van der Waals surface area contributed by atoms with E-state index in [4.69, 9.17) is 21.6 Å². The number of rotatable bonds is 2. The molecule has 0 radical (unpaired) electrons. The van der Waals surface area contributed by atoms with Gasteiger partial charge in [-0.15, -0.1) is 11.6 Å². The molecule has 0 saturated heterocycles. The molecule has 2 nitrogen and oxygen atoms in total. The van der Waals surface area contributed by atoms with Crippen molar-refractivity contribution in [1.29, 1.82) is 0 Å². The maximum Gasteiger partial charge on any atom is 0.134 e. The summed E-state index contributed by atoms with van der Waals surface area (Å²) in [4.78, 5) is 9.64. The zero-order valence-electron chi connectivity index (χ0n) is 12.4. The second-order valence-corrected chi connectivity index (χ2v) is 8.20. The number of nitrogens with zero attached hydrogens (tertiary/aromatic N) is 2. The van der Waals surface area contributed by atoms with Gasteiger partial charge in [0.05, 0.1) is 5.38 Å². The van der Waals surface area contributed by atoms with Crippen molar-refractivity contribution in [2.24, 2.45) is 17.8 Å². The van der Waals surface area contributed by atoms with E-state index in [0.717, 1.165) is 34.8 Å². The third-order valence-electron chi connectivity index (χ3n) is 5.96. The van der Waals surface area contributed by atoms with Gasteiger partial charge in [0.15, 0.2) is 0 Å². The van der Waals surface area contributed by atoms with E-state index in [1.165, 1.54) is 38.5 Å². The summed E-state index contributed by atoms with van der Waals surface area (Å²) in [5, 5.41) is 0.000382. The SMILES string of the molecule is Cc1nc(C23CC4CC(CC(C4)C2)C3)ncc1C(C)Cl. The zero-order chi connectivity index (χ0) is 13.9. The molecule has 20 heavy (non-hydrogen) atoms. The molecule has 108 valence electrons. The van der Waals surface area contributed by atoms with Crippen LogP contribution in [-0.2, 0) is 5.41 Å². The average Bonchev–Trinajstić information content (AvgIpc) is 2.36. The lowest BCUT2D eigenvalue weighted by Gasteiger charge is -2.56. The highest BCUT2D eigenvalue weighted by Gasteiger charge is 2.53. The summed E-state index contributed by atoms with van der Waals surface area (Å²) < 4.78 is 0. The van der Waals surface area contributed by atoms with Crippen molar-refractivity contribution in [3.63, 3.8) is 0 Å². The Morgan fingerprint density at radius 2 is 1.70 bits per heavy atom. The minimum Gasteiger partial charge on any atom is -0.240 e. The predicted molar refractivity (Wildman–Crippen MR) is 80.9 cm³/mol. The van der Waals surface area contributed by atoms with Gasteiger partial charge in [0.25, 0.3) is 0 Å². The summed E-state index contributed by atoms with van der Waals surface area (Å²) in [5.41, 5.74) is 2.46. The first-order valence-electron chi connectivity index (χ1n) is 8.04. The Balaban J connectivity index is 1.72. The highest BCUT2D eigenvalue weighted by molar-refractivity contribution is 6.20. The van der Waals surface area contributed by atoms with Crippen molar-refractivity contribution in [2.45, 2.75) is 63.2 Å². The third-order valence-corrected chi connectivity index (χ3v) is 6.19. The highest BCUT2D eigenvalue weighted by Crippen LogP contribution is 2.60. The lowest BCUT2D eigenvalue weighted by Crippen LogP contribution is -2.49. The Kier molecular flexibility index (Phi) is 2.89. The van der Waals surface area contributed by atoms with Crippen LogP contribution < -0.4 is 0 Å². The minimum absolute atomic E-state index is 0.000382. The van der Waals surface area contributed by atoms with Crippen LogP contribution in [0.2, 0.25) is 0 Å². The van der Waals surface area contributed by atoms with Gasteiger partial charge < -0.3 is 0 Å². The van der Waals surface area contributed by atoms with Gasteiger partial charge in [-0.3, -0.25) is 0 Å². The predicted octanol–water partition coefficient (Wildman–Crippen LogP) is 4.55. The topological polar surface area (TPSA) is 25.8 Å². The van der Waals surface area contributed by atoms with Crippen LogP contribution >= 0.6 is 11.6 Å². The molecule has 0 aliphatic heterocycles. The largest absolute Gasteiger partial charge is 0.240 e. The van der Waals surface area contributed by atoms with Gasteiger partial charge in [-0.1, -0.05) is 0 Å². The molecule has 0 aromatic carbocycles. The lowest BCUT2D eigenvalue weighted by atomic mass is 9.49. The molecule has 1 aromatic heterocycles. The van der Waals surface area contributed by atoms with Crippen LogP contribution in [0.4, 0.5) is 0 Å². The molecule has 4 aliphatic carbocycles. The summed E-state index contributed by atoms with van der Waals surface area (Å²) in [5.74, 6) is 3.94. The monoisotopic (exact) mass is 290 g/mol. The van der Waals surface area contributed by atoms with E-state index < -0.39 is 0 Å². The normalized spacial score (nSPS) is 40.0. The fourth-order valence-electron chi connectivity index (χ4n) is 5.51. The standard InChI is InChI=1S/C17H23ClN2/c1-10(18)15-9-19-16(20-11(15)2)17-6-12-3-13(7-17)5-14(4-12)8-17/h9-10,12-14H,3-8H2,1-2H3. The smallest absolute Gasteiger partial charge is 0.134 e. The maximum atomic E-state index is 6.20. The second kappa shape index (κ2) is 4.43. The van der Waals surface area contributed by atoms with Crippen LogP contribution in [0, 0.1) is 24.7 Å². The van der Waals surface area contributed by atoms with Gasteiger partial charge in [0.2, 0.25) is 0 Å². The van der Waals surface area contributed by atoms with E-state index in [1.807, 2.05) is 13.1 Å². The molecule has 4 fully saturated rings. The van der Waals surface area contributed by atoms with Crippen molar-refractivity contribution in [1.82, 2.24) is 9.97 Å². The van der Waals surface area contributed by atoms with Crippen LogP contribution in [0.25, 0.3) is 0 Å². The molecule has 0 amide bonds. The van der Waals surface area contributed by atoms with Gasteiger partial charge in [-0.05, 0) is 70.1 Å². The van der Waals surface area contributed by atoms with Crippen molar-refractivity contribution in [3.05, 3.63) is 23.3 Å². The number of alkyl halides is 1.